The predicted octanol–water partition coefficient (Wildman–Crippen LogP) is 4.12. The van der Waals surface area contributed by atoms with Crippen LogP contribution in [0.25, 0.3) is 33.1 Å². The number of aromatic amines is 1. The zero-order valence-corrected chi connectivity index (χ0v) is 17.8. The molecule has 2 aromatic heterocycles. The number of nitrogens with one attached hydrogen (secondary N) is 1. The Labute approximate surface area is 185 Å². The van der Waals surface area contributed by atoms with Crippen molar-refractivity contribution in [2.75, 3.05) is 33.4 Å². The summed E-state index contributed by atoms with van der Waals surface area (Å²) in [6.45, 7) is 3.78. The van der Waals surface area contributed by atoms with Crippen LogP contribution in [0, 0.1) is 11.5 Å². The molecule has 1 aliphatic heterocycles. The van der Waals surface area contributed by atoms with Crippen molar-refractivity contribution in [1.82, 2.24) is 19.9 Å². The average Bonchev–Trinajstić information content (AvgIpc) is 3.48. The van der Waals surface area contributed by atoms with Crippen LogP contribution in [0.1, 0.15) is 12.8 Å². The molecule has 0 radical (unpaired) electrons. The van der Waals surface area contributed by atoms with E-state index < -0.39 is 0 Å². The van der Waals surface area contributed by atoms with Gasteiger partial charge in [-0.05, 0) is 50.2 Å². The SMILES string of the molecule is COc1cc2c(-c3c[nH]c4ccc(OC#N)cc34)ncnc2cc1OCCN1CCCC1. The highest BCUT2D eigenvalue weighted by molar-refractivity contribution is 6.03. The summed E-state index contributed by atoms with van der Waals surface area (Å²) in [5, 5.41) is 10.6. The lowest BCUT2D eigenvalue weighted by Crippen LogP contribution is -2.25. The standard InChI is InChI=1S/C24H23N5O3/c1-30-22-11-18-21(12-23(22)31-9-8-29-6-2-3-7-29)27-15-28-24(18)19-13-26-20-5-4-16(32-14-25)10-17(19)20/h4-5,10-13,15,26H,2-3,6-9H2,1H3. The van der Waals surface area contributed by atoms with Gasteiger partial charge in [-0.2, -0.15) is 0 Å². The average molecular weight is 429 g/mol. The molecule has 3 heterocycles. The highest BCUT2D eigenvalue weighted by Crippen LogP contribution is 2.38. The number of hydrogen-bond acceptors (Lipinski definition) is 7. The maximum atomic E-state index is 8.85. The van der Waals surface area contributed by atoms with Crippen LogP contribution in [-0.4, -0.2) is 53.2 Å². The second kappa shape index (κ2) is 8.73. The molecule has 8 heteroatoms. The van der Waals surface area contributed by atoms with Crippen LogP contribution in [0.4, 0.5) is 0 Å². The van der Waals surface area contributed by atoms with Gasteiger partial charge < -0.3 is 19.2 Å². The second-order valence-electron chi connectivity index (χ2n) is 7.74. The minimum Gasteiger partial charge on any atom is -0.493 e. The highest BCUT2D eigenvalue weighted by atomic mass is 16.5. The summed E-state index contributed by atoms with van der Waals surface area (Å²) in [5.41, 5.74) is 3.34. The minimum absolute atomic E-state index is 0.477. The first-order chi connectivity index (χ1) is 15.8. The lowest BCUT2D eigenvalue weighted by Gasteiger charge is -2.17. The molecule has 0 saturated carbocycles. The monoisotopic (exact) mass is 429 g/mol. The summed E-state index contributed by atoms with van der Waals surface area (Å²) in [7, 11) is 1.63. The van der Waals surface area contributed by atoms with Crippen molar-refractivity contribution in [3.63, 3.8) is 0 Å². The number of benzene rings is 2. The lowest BCUT2D eigenvalue weighted by atomic mass is 10.0. The summed E-state index contributed by atoms with van der Waals surface area (Å²) in [6, 6.07) is 9.28. The molecule has 0 unspecified atom stereocenters. The molecule has 2 aromatic carbocycles. The summed E-state index contributed by atoms with van der Waals surface area (Å²) < 4.78 is 16.7. The predicted molar refractivity (Wildman–Crippen MR) is 121 cm³/mol. The fourth-order valence-corrected chi connectivity index (χ4v) is 4.25. The maximum Gasteiger partial charge on any atom is 0.292 e. The third-order valence-corrected chi connectivity index (χ3v) is 5.86. The normalized spacial score (nSPS) is 14.0. The first kappa shape index (κ1) is 20.1. The molecule has 1 saturated heterocycles. The van der Waals surface area contributed by atoms with E-state index in [1.54, 1.807) is 25.8 Å². The van der Waals surface area contributed by atoms with Crippen molar-refractivity contribution in [2.45, 2.75) is 12.8 Å². The van der Waals surface area contributed by atoms with Gasteiger partial charge in [0.1, 0.15) is 18.7 Å². The van der Waals surface area contributed by atoms with Crippen LogP contribution < -0.4 is 14.2 Å². The van der Waals surface area contributed by atoms with Crippen LogP contribution in [0.15, 0.2) is 42.9 Å². The quantitative estimate of drug-likeness (QED) is 0.441. The Morgan fingerprint density at radius 2 is 1.97 bits per heavy atom. The van der Waals surface area contributed by atoms with Crippen LogP contribution in [0.2, 0.25) is 0 Å². The molecule has 0 spiro atoms. The molecule has 4 aromatic rings. The van der Waals surface area contributed by atoms with E-state index in [1.807, 2.05) is 30.5 Å². The van der Waals surface area contributed by atoms with Crippen molar-refractivity contribution in [3.8, 4) is 34.8 Å². The van der Waals surface area contributed by atoms with Gasteiger partial charge >= 0.3 is 0 Å². The van der Waals surface area contributed by atoms with Crippen molar-refractivity contribution >= 4 is 21.8 Å². The summed E-state index contributed by atoms with van der Waals surface area (Å²) in [6.07, 6.45) is 7.68. The topological polar surface area (TPSA) is 96.3 Å². The third kappa shape index (κ3) is 3.79. The molecular weight excluding hydrogens is 406 g/mol. The van der Waals surface area contributed by atoms with Gasteiger partial charge in [0.25, 0.3) is 6.26 Å². The second-order valence-corrected chi connectivity index (χ2v) is 7.74. The van der Waals surface area contributed by atoms with Gasteiger partial charge in [-0.3, -0.25) is 4.90 Å². The van der Waals surface area contributed by atoms with Gasteiger partial charge in [0.05, 0.1) is 18.3 Å². The summed E-state index contributed by atoms with van der Waals surface area (Å²) in [4.78, 5) is 14.7. The number of methoxy groups -OCH3 is 1. The first-order valence-corrected chi connectivity index (χ1v) is 10.6. The Bertz CT molecular complexity index is 1300. The number of aromatic nitrogens is 3. The van der Waals surface area contributed by atoms with Gasteiger partial charge in [-0.15, -0.1) is 5.26 Å². The van der Waals surface area contributed by atoms with E-state index in [0.29, 0.717) is 23.9 Å². The number of rotatable bonds is 7. The van der Waals surface area contributed by atoms with Gasteiger partial charge in [0.15, 0.2) is 11.5 Å². The molecule has 8 nitrogen and oxygen atoms in total. The zero-order valence-electron chi connectivity index (χ0n) is 17.8. The molecule has 32 heavy (non-hydrogen) atoms. The maximum absolute atomic E-state index is 8.85. The lowest BCUT2D eigenvalue weighted by molar-refractivity contribution is 0.230. The smallest absolute Gasteiger partial charge is 0.292 e. The van der Waals surface area contributed by atoms with Crippen LogP contribution in [-0.2, 0) is 0 Å². The van der Waals surface area contributed by atoms with E-state index in [4.69, 9.17) is 19.5 Å². The molecule has 0 bridgehead atoms. The number of nitriles is 1. The fraction of sp³-hybridized carbons (Fsp3) is 0.292. The molecule has 162 valence electrons. The Balaban J connectivity index is 1.51. The van der Waals surface area contributed by atoms with Crippen molar-refractivity contribution in [3.05, 3.63) is 42.9 Å². The summed E-state index contributed by atoms with van der Waals surface area (Å²) in [5.74, 6) is 1.79. The molecule has 1 fully saturated rings. The molecular formula is C24H23N5O3. The summed E-state index contributed by atoms with van der Waals surface area (Å²) >= 11 is 0. The molecule has 0 atom stereocenters. The number of fused-ring (bicyclic) bond motifs is 2. The van der Waals surface area contributed by atoms with Gasteiger partial charge in [-0.1, -0.05) is 0 Å². The molecule has 0 amide bonds. The van der Waals surface area contributed by atoms with Crippen molar-refractivity contribution < 1.29 is 14.2 Å². The van der Waals surface area contributed by atoms with Gasteiger partial charge in [0.2, 0.25) is 0 Å². The van der Waals surface area contributed by atoms with Gasteiger partial charge in [0, 0.05) is 40.7 Å². The Hall–Kier alpha value is -3.83. The van der Waals surface area contributed by atoms with Gasteiger partial charge in [-0.25, -0.2) is 9.97 Å². The van der Waals surface area contributed by atoms with E-state index in [1.165, 1.54) is 12.8 Å². The van der Waals surface area contributed by atoms with Crippen molar-refractivity contribution in [1.29, 1.82) is 5.26 Å². The van der Waals surface area contributed by atoms with E-state index in [9.17, 15) is 0 Å². The Morgan fingerprint density at radius 3 is 2.78 bits per heavy atom. The molecule has 5 rings (SSSR count). The first-order valence-electron chi connectivity index (χ1n) is 10.6. The number of H-pyrrole nitrogens is 1. The number of ether oxygens (including phenoxy) is 3. The molecule has 1 N–H and O–H groups in total. The third-order valence-electron chi connectivity index (χ3n) is 5.86. The highest BCUT2D eigenvalue weighted by Gasteiger charge is 2.17. The fourth-order valence-electron chi connectivity index (χ4n) is 4.25. The van der Waals surface area contributed by atoms with E-state index in [-0.39, 0.29) is 0 Å². The number of hydrogen-bond donors (Lipinski definition) is 1. The molecule has 0 aliphatic carbocycles. The van der Waals surface area contributed by atoms with Crippen LogP contribution in [0.3, 0.4) is 0 Å². The minimum atomic E-state index is 0.477. The van der Waals surface area contributed by atoms with E-state index in [2.05, 4.69) is 19.9 Å². The van der Waals surface area contributed by atoms with E-state index in [0.717, 1.165) is 52.7 Å². The van der Waals surface area contributed by atoms with Crippen molar-refractivity contribution in [2.24, 2.45) is 0 Å². The largest absolute Gasteiger partial charge is 0.493 e. The Kier molecular flexibility index (Phi) is 5.48. The van der Waals surface area contributed by atoms with Crippen LogP contribution >= 0.6 is 0 Å². The Morgan fingerprint density at radius 1 is 1.09 bits per heavy atom. The molecule has 1 aliphatic rings. The van der Waals surface area contributed by atoms with E-state index >= 15 is 0 Å². The number of nitrogens with zero attached hydrogens (tertiary/aromatic N) is 4. The number of likely N-dealkylation sites (tertiary alicyclic amines) is 1. The zero-order chi connectivity index (χ0) is 21.9. The van der Waals surface area contributed by atoms with Crippen LogP contribution in [0.5, 0.6) is 17.2 Å².